The minimum Gasteiger partial charge on any atom is -0.384 e. The van der Waals surface area contributed by atoms with Gasteiger partial charge >= 0.3 is 0 Å². The number of aliphatic hydroxyl groups is 1. The molecule has 0 aliphatic carbocycles. The highest BCUT2D eigenvalue weighted by atomic mass is 127. The zero-order chi connectivity index (χ0) is 12.4. The maximum atomic E-state index is 10.3. The predicted octanol–water partition coefficient (Wildman–Crippen LogP) is 3.73. The van der Waals surface area contributed by atoms with Gasteiger partial charge in [0.25, 0.3) is 0 Å². The molecule has 0 fully saturated rings. The van der Waals surface area contributed by atoms with Gasteiger partial charge in [-0.3, -0.25) is 4.98 Å². The average Bonchev–Trinajstić information content (AvgIpc) is 2.32. The summed E-state index contributed by atoms with van der Waals surface area (Å²) >= 11 is 8.13. The van der Waals surface area contributed by atoms with Gasteiger partial charge in [-0.2, -0.15) is 0 Å². The van der Waals surface area contributed by atoms with Crippen LogP contribution in [-0.2, 0) is 0 Å². The van der Waals surface area contributed by atoms with E-state index in [-0.39, 0.29) is 0 Å². The summed E-state index contributed by atoms with van der Waals surface area (Å²) in [5, 5.41) is 10.9. The second-order valence-electron chi connectivity index (χ2n) is 3.80. The number of hydrogen-bond donors (Lipinski definition) is 1. The fraction of sp³-hybridized carbons (Fsp3) is 0.154. The summed E-state index contributed by atoms with van der Waals surface area (Å²) in [4.78, 5) is 4.18. The number of halogens is 2. The lowest BCUT2D eigenvalue weighted by molar-refractivity contribution is 0.219. The van der Waals surface area contributed by atoms with Crippen LogP contribution in [0.1, 0.15) is 22.9 Å². The van der Waals surface area contributed by atoms with Crippen LogP contribution in [0.4, 0.5) is 0 Å². The highest BCUT2D eigenvalue weighted by Gasteiger charge is 2.14. The van der Waals surface area contributed by atoms with Crippen molar-refractivity contribution in [3.8, 4) is 0 Å². The second-order valence-corrected chi connectivity index (χ2v) is 5.40. The first-order valence-electron chi connectivity index (χ1n) is 5.13. The lowest BCUT2D eigenvalue weighted by Crippen LogP contribution is -2.02. The first-order valence-corrected chi connectivity index (χ1v) is 6.59. The third-order valence-electron chi connectivity index (χ3n) is 2.50. The zero-order valence-electron chi connectivity index (χ0n) is 9.19. The average molecular weight is 360 g/mol. The molecule has 0 saturated heterocycles. The van der Waals surface area contributed by atoms with Crippen molar-refractivity contribution in [3.63, 3.8) is 0 Å². The monoisotopic (exact) mass is 359 g/mol. The number of aliphatic hydroxyl groups excluding tert-OH is 1. The topological polar surface area (TPSA) is 33.1 Å². The Morgan fingerprint density at radius 2 is 2.06 bits per heavy atom. The first-order chi connectivity index (χ1) is 8.08. The van der Waals surface area contributed by atoms with Gasteiger partial charge in [0.2, 0.25) is 0 Å². The fourth-order valence-electron chi connectivity index (χ4n) is 1.54. The largest absolute Gasteiger partial charge is 0.384 e. The Bertz CT molecular complexity index is 527. The van der Waals surface area contributed by atoms with Crippen LogP contribution in [0.25, 0.3) is 0 Å². The summed E-state index contributed by atoms with van der Waals surface area (Å²) in [6.07, 6.45) is 1.01. The minimum absolute atomic E-state index is 0.625. The molecule has 4 heteroatoms. The lowest BCUT2D eigenvalue weighted by Gasteiger charge is -2.13. The molecule has 0 aliphatic rings. The number of aryl methyl sites for hydroxylation is 1. The summed E-state index contributed by atoms with van der Waals surface area (Å²) in [6.45, 7) is 1.92. The number of aromatic nitrogens is 1. The Labute approximate surface area is 119 Å². The second kappa shape index (κ2) is 5.33. The van der Waals surface area contributed by atoms with Gasteiger partial charge in [-0.1, -0.05) is 17.7 Å². The Balaban J connectivity index is 2.39. The summed E-state index contributed by atoms with van der Waals surface area (Å²) in [5.41, 5.74) is 2.52. The van der Waals surface area contributed by atoms with Crippen LogP contribution in [0.5, 0.6) is 0 Å². The molecule has 88 valence electrons. The number of pyridine rings is 1. The number of hydrogen-bond acceptors (Lipinski definition) is 2. The van der Waals surface area contributed by atoms with Crippen LogP contribution in [0.3, 0.4) is 0 Å². The summed E-state index contributed by atoms with van der Waals surface area (Å²) in [5.74, 6) is 0. The molecule has 0 radical (unpaired) electrons. The minimum atomic E-state index is -0.686. The highest BCUT2D eigenvalue weighted by molar-refractivity contribution is 14.1. The summed E-state index contributed by atoms with van der Waals surface area (Å²) in [6, 6.07) is 9.25. The molecule has 0 spiro atoms. The highest BCUT2D eigenvalue weighted by Crippen LogP contribution is 2.28. The Morgan fingerprint density at radius 1 is 1.29 bits per heavy atom. The smallest absolute Gasteiger partial charge is 0.107 e. The third-order valence-corrected chi connectivity index (χ3v) is 3.72. The number of rotatable bonds is 2. The van der Waals surface area contributed by atoms with Crippen molar-refractivity contribution < 1.29 is 5.11 Å². The SMILES string of the molecule is Cc1ccc(C(O)c2cc(Cl)ccc2I)cn1. The van der Waals surface area contributed by atoms with Crippen molar-refractivity contribution in [2.75, 3.05) is 0 Å². The molecule has 2 rings (SSSR count). The summed E-state index contributed by atoms with van der Waals surface area (Å²) in [7, 11) is 0. The van der Waals surface area contributed by atoms with Crippen molar-refractivity contribution in [1.29, 1.82) is 0 Å². The molecular weight excluding hydrogens is 349 g/mol. The van der Waals surface area contributed by atoms with Crippen molar-refractivity contribution in [3.05, 3.63) is 61.9 Å². The molecule has 0 bridgehead atoms. The summed E-state index contributed by atoms with van der Waals surface area (Å²) < 4.78 is 0.986. The van der Waals surface area contributed by atoms with Crippen LogP contribution in [0.15, 0.2) is 36.5 Å². The van der Waals surface area contributed by atoms with Gasteiger partial charge in [-0.15, -0.1) is 0 Å². The van der Waals surface area contributed by atoms with E-state index in [1.807, 2.05) is 31.2 Å². The van der Waals surface area contributed by atoms with E-state index in [4.69, 9.17) is 11.6 Å². The Morgan fingerprint density at radius 3 is 2.71 bits per heavy atom. The zero-order valence-corrected chi connectivity index (χ0v) is 12.1. The number of nitrogens with zero attached hydrogens (tertiary/aromatic N) is 1. The molecule has 2 aromatic rings. The maximum absolute atomic E-state index is 10.3. The molecule has 1 aromatic heterocycles. The normalized spacial score (nSPS) is 12.5. The van der Waals surface area contributed by atoms with Crippen LogP contribution in [0.2, 0.25) is 5.02 Å². The van der Waals surface area contributed by atoms with E-state index in [0.29, 0.717) is 5.02 Å². The molecule has 2 nitrogen and oxygen atoms in total. The molecule has 17 heavy (non-hydrogen) atoms. The van der Waals surface area contributed by atoms with Gasteiger partial charge in [0, 0.05) is 26.0 Å². The quantitative estimate of drug-likeness (QED) is 0.829. The standard InChI is InChI=1S/C13H11ClINO/c1-8-2-3-9(7-16-8)13(17)11-6-10(14)4-5-12(11)15/h2-7,13,17H,1H3. The maximum Gasteiger partial charge on any atom is 0.107 e. The van der Waals surface area contributed by atoms with E-state index in [2.05, 4.69) is 27.6 Å². The van der Waals surface area contributed by atoms with E-state index in [1.54, 1.807) is 12.3 Å². The molecule has 1 atom stereocenters. The van der Waals surface area contributed by atoms with E-state index in [1.165, 1.54) is 0 Å². The van der Waals surface area contributed by atoms with Crippen LogP contribution < -0.4 is 0 Å². The molecule has 1 aromatic carbocycles. The molecule has 1 heterocycles. The van der Waals surface area contributed by atoms with Gasteiger partial charge in [0.1, 0.15) is 6.10 Å². The van der Waals surface area contributed by atoms with E-state index in [0.717, 1.165) is 20.4 Å². The van der Waals surface area contributed by atoms with Crippen molar-refractivity contribution in [2.24, 2.45) is 0 Å². The van der Waals surface area contributed by atoms with Gasteiger partial charge < -0.3 is 5.11 Å². The molecule has 1 N–H and O–H groups in total. The van der Waals surface area contributed by atoms with Gasteiger partial charge in [0.05, 0.1) is 0 Å². The van der Waals surface area contributed by atoms with Gasteiger partial charge in [-0.25, -0.2) is 0 Å². The predicted molar refractivity (Wildman–Crippen MR) is 77.2 cm³/mol. The third kappa shape index (κ3) is 2.97. The molecule has 1 unspecified atom stereocenters. The molecule has 0 aliphatic heterocycles. The molecule has 0 amide bonds. The number of benzene rings is 1. The van der Waals surface area contributed by atoms with E-state index >= 15 is 0 Å². The van der Waals surface area contributed by atoms with E-state index in [9.17, 15) is 5.11 Å². The molecule has 0 saturated carbocycles. The Hall–Kier alpha value is -0.650. The van der Waals surface area contributed by atoms with Crippen LogP contribution in [-0.4, -0.2) is 10.1 Å². The van der Waals surface area contributed by atoms with Gasteiger partial charge in [-0.05, 0) is 59.3 Å². The van der Waals surface area contributed by atoms with Crippen molar-refractivity contribution >= 4 is 34.2 Å². The fourth-order valence-corrected chi connectivity index (χ4v) is 2.36. The van der Waals surface area contributed by atoms with Gasteiger partial charge in [0.15, 0.2) is 0 Å². The lowest BCUT2D eigenvalue weighted by atomic mass is 10.0. The van der Waals surface area contributed by atoms with E-state index < -0.39 is 6.10 Å². The van der Waals surface area contributed by atoms with Crippen molar-refractivity contribution in [2.45, 2.75) is 13.0 Å². The van der Waals surface area contributed by atoms with Crippen LogP contribution in [0, 0.1) is 10.5 Å². The molecular formula is C13H11ClINO. The van der Waals surface area contributed by atoms with Crippen molar-refractivity contribution in [1.82, 2.24) is 4.98 Å². The Kier molecular flexibility index (Phi) is 4.01. The van der Waals surface area contributed by atoms with Crippen LogP contribution >= 0.6 is 34.2 Å². The first kappa shape index (κ1) is 12.8.